The maximum absolute atomic E-state index is 4.83. The first-order valence-corrected chi connectivity index (χ1v) is 7.65. The molecule has 6 heteroatoms. The van der Waals surface area contributed by atoms with E-state index in [2.05, 4.69) is 38.6 Å². The van der Waals surface area contributed by atoms with Crippen molar-refractivity contribution in [3.63, 3.8) is 0 Å². The topological polar surface area (TPSA) is 63.8 Å². The Morgan fingerprint density at radius 1 is 1.09 bits per heavy atom. The molecular weight excluding hydrogens is 296 g/mol. The van der Waals surface area contributed by atoms with Gasteiger partial charge in [0.2, 0.25) is 0 Å². The minimum Gasteiger partial charge on any atom is -0.364 e. The standard InChI is InChI=1S/C16H12N4OS/c1-2-4-11(5-3-1)14-8-13-15(18-10-19-16(13)22-14)17-9-12-6-7-21-20-12/h1-8,10H,9H2,(H,17,18,19). The molecule has 0 aliphatic carbocycles. The molecule has 0 unspecified atom stereocenters. The fourth-order valence-corrected chi connectivity index (χ4v) is 3.25. The van der Waals surface area contributed by atoms with Crippen LogP contribution in [0.15, 0.2) is 59.6 Å². The van der Waals surface area contributed by atoms with E-state index in [1.54, 1.807) is 23.9 Å². The van der Waals surface area contributed by atoms with Crippen molar-refractivity contribution >= 4 is 27.4 Å². The Morgan fingerprint density at radius 2 is 2.00 bits per heavy atom. The second-order valence-electron chi connectivity index (χ2n) is 4.76. The number of anilines is 1. The molecule has 3 heterocycles. The summed E-state index contributed by atoms with van der Waals surface area (Å²) in [6, 6.07) is 14.2. The van der Waals surface area contributed by atoms with Crippen LogP contribution in [0.25, 0.3) is 20.7 Å². The van der Waals surface area contributed by atoms with Gasteiger partial charge in [0.15, 0.2) is 0 Å². The third-order valence-corrected chi connectivity index (χ3v) is 4.41. The molecule has 0 spiro atoms. The number of hydrogen-bond acceptors (Lipinski definition) is 6. The number of nitrogens with one attached hydrogen (secondary N) is 1. The summed E-state index contributed by atoms with van der Waals surface area (Å²) >= 11 is 1.66. The van der Waals surface area contributed by atoms with Gasteiger partial charge in [0, 0.05) is 10.9 Å². The maximum atomic E-state index is 4.83. The maximum Gasteiger partial charge on any atom is 0.138 e. The number of benzene rings is 1. The molecule has 0 saturated heterocycles. The normalized spacial score (nSPS) is 10.9. The van der Waals surface area contributed by atoms with Crippen LogP contribution in [-0.2, 0) is 6.54 Å². The molecule has 0 amide bonds. The van der Waals surface area contributed by atoms with Crippen LogP contribution in [0.1, 0.15) is 5.69 Å². The van der Waals surface area contributed by atoms with E-state index in [0.717, 1.165) is 21.7 Å². The van der Waals surface area contributed by atoms with E-state index < -0.39 is 0 Å². The zero-order valence-electron chi connectivity index (χ0n) is 11.6. The highest BCUT2D eigenvalue weighted by Gasteiger charge is 2.10. The Labute approximate surface area is 130 Å². The predicted octanol–water partition coefficient (Wildman–Crippen LogP) is 3.96. The van der Waals surface area contributed by atoms with Gasteiger partial charge in [0.25, 0.3) is 0 Å². The third-order valence-electron chi connectivity index (χ3n) is 3.32. The number of rotatable bonds is 4. The van der Waals surface area contributed by atoms with Crippen LogP contribution < -0.4 is 5.32 Å². The van der Waals surface area contributed by atoms with Gasteiger partial charge in [0.1, 0.15) is 28.9 Å². The highest BCUT2D eigenvalue weighted by molar-refractivity contribution is 7.21. The molecular formula is C16H12N4OS. The van der Waals surface area contributed by atoms with Crippen molar-refractivity contribution in [2.75, 3.05) is 5.32 Å². The highest BCUT2D eigenvalue weighted by atomic mass is 32.1. The van der Waals surface area contributed by atoms with Gasteiger partial charge in [-0.3, -0.25) is 0 Å². The molecule has 1 N–H and O–H groups in total. The molecule has 0 aliphatic rings. The molecule has 0 atom stereocenters. The number of thiophene rings is 1. The monoisotopic (exact) mass is 308 g/mol. The fourth-order valence-electron chi connectivity index (χ4n) is 2.24. The van der Waals surface area contributed by atoms with Gasteiger partial charge in [-0.15, -0.1) is 11.3 Å². The average molecular weight is 308 g/mol. The van der Waals surface area contributed by atoms with Gasteiger partial charge in [-0.1, -0.05) is 35.5 Å². The first-order chi connectivity index (χ1) is 10.9. The quantitative estimate of drug-likeness (QED) is 0.618. The molecule has 0 saturated carbocycles. The minimum absolute atomic E-state index is 0.569. The molecule has 5 nitrogen and oxygen atoms in total. The first kappa shape index (κ1) is 13.0. The van der Waals surface area contributed by atoms with Crippen molar-refractivity contribution in [3.8, 4) is 10.4 Å². The summed E-state index contributed by atoms with van der Waals surface area (Å²) in [6.45, 7) is 0.569. The van der Waals surface area contributed by atoms with Crippen molar-refractivity contribution in [1.82, 2.24) is 15.1 Å². The summed E-state index contributed by atoms with van der Waals surface area (Å²) in [5.74, 6) is 0.812. The van der Waals surface area contributed by atoms with E-state index in [1.165, 1.54) is 10.4 Å². The van der Waals surface area contributed by atoms with E-state index >= 15 is 0 Å². The Bertz CT molecular complexity index is 887. The Hall–Kier alpha value is -2.73. The lowest BCUT2D eigenvalue weighted by Gasteiger charge is -2.03. The molecule has 0 radical (unpaired) electrons. The van der Waals surface area contributed by atoms with Crippen LogP contribution in [0.4, 0.5) is 5.82 Å². The average Bonchev–Trinajstić information content (AvgIpc) is 3.23. The first-order valence-electron chi connectivity index (χ1n) is 6.83. The van der Waals surface area contributed by atoms with Crippen LogP contribution in [0.2, 0.25) is 0 Å². The number of hydrogen-bond donors (Lipinski definition) is 1. The predicted molar refractivity (Wildman–Crippen MR) is 86.7 cm³/mol. The van der Waals surface area contributed by atoms with E-state index in [0.29, 0.717) is 6.54 Å². The summed E-state index contributed by atoms with van der Waals surface area (Å²) in [6.07, 6.45) is 3.14. The molecule has 0 aliphatic heterocycles. The molecule has 0 bridgehead atoms. The second-order valence-corrected chi connectivity index (χ2v) is 5.79. The van der Waals surface area contributed by atoms with Crippen LogP contribution in [0.3, 0.4) is 0 Å². The second kappa shape index (κ2) is 5.57. The lowest BCUT2D eigenvalue weighted by atomic mass is 10.2. The minimum atomic E-state index is 0.569. The smallest absolute Gasteiger partial charge is 0.138 e. The lowest BCUT2D eigenvalue weighted by Crippen LogP contribution is -2.01. The summed E-state index contributed by atoms with van der Waals surface area (Å²) in [5, 5.41) is 8.20. The molecule has 4 rings (SSSR count). The zero-order chi connectivity index (χ0) is 14.8. The number of aromatic nitrogens is 3. The van der Waals surface area contributed by atoms with Crippen molar-refractivity contribution in [3.05, 3.63) is 60.7 Å². The molecule has 1 aromatic carbocycles. The van der Waals surface area contributed by atoms with Gasteiger partial charge in [0.05, 0.1) is 11.9 Å². The van der Waals surface area contributed by atoms with Crippen molar-refractivity contribution in [1.29, 1.82) is 0 Å². The molecule has 108 valence electrons. The number of fused-ring (bicyclic) bond motifs is 1. The van der Waals surface area contributed by atoms with Crippen molar-refractivity contribution < 1.29 is 4.52 Å². The van der Waals surface area contributed by atoms with Gasteiger partial charge in [-0.05, 0) is 11.6 Å². The molecule has 0 fully saturated rings. The number of nitrogens with zero attached hydrogens (tertiary/aromatic N) is 3. The molecule has 3 aromatic heterocycles. The zero-order valence-corrected chi connectivity index (χ0v) is 12.4. The van der Waals surface area contributed by atoms with E-state index in [-0.39, 0.29) is 0 Å². The lowest BCUT2D eigenvalue weighted by molar-refractivity contribution is 0.412. The Balaban J connectivity index is 1.69. The van der Waals surface area contributed by atoms with Crippen molar-refractivity contribution in [2.24, 2.45) is 0 Å². The Morgan fingerprint density at radius 3 is 2.82 bits per heavy atom. The summed E-state index contributed by atoms with van der Waals surface area (Å²) in [5.41, 5.74) is 2.03. The molecule has 4 aromatic rings. The third kappa shape index (κ3) is 2.44. The summed E-state index contributed by atoms with van der Waals surface area (Å²) in [7, 11) is 0. The SMILES string of the molecule is c1ccc(-c2cc3c(NCc4ccon4)ncnc3s2)cc1. The largest absolute Gasteiger partial charge is 0.364 e. The summed E-state index contributed by atoms with van der Waals surface area (Å²) < 4.78 is 4.83. The van der Waals surface area contributed by atoms with Crippen LogP contribution in [0, 0.1) is 0 Å². The highest BCUT2D eigenvalue weighted by Crippen LogP contribution is 2.34. The van der Waals surface area contributed by atoms with Gasteiger partial charge in [-0.2, -0.15) is 0 Å². The van der Waals surface area contributed by atoms with E-state index in [9.17, 15) is 0 Å². The van der Waals surface area contributed by atoms with Gasteiger partial charge >= 0.3 is 0 Å². The molecule has 22 heavy (non-hydrogen) atoms. The van der Waals surface area contributed by atoms with Crippen LogP contribution in [-0.4, -0.2) is 15.1 Å². The summed E-state index contributed by atoms with van der Waals surface area (Å²) in [4.78, 5) is 10.9. The van der Waals surface area contributed by atoms with Crippen LogP contribution in [0.5, 0.6) is 0 Å². The van der Waals surface area contributed by atoms with Gasteiger partial charge in [-0.25, -0.2) is 9.97 Å². The van der Waals surface area contributed by atoms with Crippen molar-refractivity contribution in [2.45, 2.75) is 6.54 Å². The fraction of sp³-hybridized carbons (Fsp3) is 0.0625. The van der Waals surface area contributed by atoms with Crippen LogP contribution >= 0.6 is 11.3 Å². The van der Waals surface area contributed by atoms with Gasteiger partial charge < -0.3 is 9.84 Å². The Kier molecular flexibility index (Phi) is 3.29. The van der Waals surface area contributed by atoms with E-state index in [1.807, 2.05) is 24.3 Å². The van der Waals surface area contributed by atoms with E-state index in [4.69, 9.17) is 4.52 Å².